The normalized spacial score (nSPS) is 13.3. The minimum Gasteiger partial charge on any atom is -0.297 e. The standard InChI is InChI=1S/C5H6F4O/c1-4(6,7)2-5(8,9)3-10/h3H,2H2,1H3. The Hall–Kier alpha value is -0.610. The highest BCUT2D eigenvalue weighted by atomic mass is 19.3. The van der Waals surface area contributed by atoms with Crippen molar-refractivity contribution in [1.29, 1.82) is 0 Å². The lowest BCUT2D eigenvalue weighted by atomic mass is 10.2. The number of hydrogen-bond acceptors (Lipinski definition) is 1. The fraction of sp³-hybridized carbons (Fsp3) is 0.800. The summed E-state index contributed by atoms with van der Waals surface area (Å²) in [5, 5.41) is 0. The van der Waals surface area contributed by atoms with E-state index in [9.17, 15) is 22.4 Å². The van der Waals surface area contributed by atoms with E-state index in [1.165, 1.54) is 0 Å². The number of carbonyl (C=O) groups excluding carboxylic acids is 1. The zero-order chi connectivity index (χ0) is 8.41. The Morgan fingerprint density at radius 2 is 1.70 bits per heavy atom. The second-order valence-corrected chi connectivity index (χ2v) is 2.13. The predicted molar refractivity (Wildman–Crippen MR) is 26.2 cm³/mol. The fourth-order valence-electron chi connectivity index (χ4n) is 0.456. The Bertz CT molecular complexity index is 126. The maximum absolute atomic E-state index is 11.8. The van der Waals surface area contributed by atoms with Crippen molar-refractivity contribution in [3.63, 3.8) is 0 Å². The third kappa shape index (κ3) is 4.29. The van der Waals surface area contributed by atoms with Gasteiger partial charge < -0.3 is 0 Å². The van der Waals surface area contributed by atoms with Gasteiger partial charge in [0.25, 0.3) is 5.92 Å². The van der Waals surface area contributed by atoms with Gasteiger partial charge in [-0.15, -0.1) is 0 Å². The second-order valence-electron chi connectivity index (χ2n) is 2.13. The molecule has 0 aliphatic rings. The van der Waals surface area contributed by atoms with E-state index in [1.54, 1.807) is 0 Å². The first-order chi connectivity index (χ1) is 4.27. The van der Waals surface area contributed by atoms with Crippen molar-refractivity contribution in [1.82, 2.24) is 0 Å². The molecule has 0 radical (unpaired) electrons. The van der Waals surface area contributed by atoms with Gasteiger partial charge in [-0.2, -0.15) is 8.78 Å². The molecule has 1 nitrogen and oxygen atoms in total. The average Bonchev–Trinajstić information content (AvgIpc) is 1.60. The highest BCUT2D eigenvalue weighted by Crippen LogP contribution is 2.27. The summed E-state index contributed by atoms with van der Waals surface area (Å²) >= 11 is 0. The summed E-state index contributed by atoms with van der Waals surface area (Å²) in [4.78, 5) is 9.42. The van der Waals surface area contributed by atoms with Crippen molar-refractivity contribution in [2.45, 2.75) is 25.2 Å². The summed E-state index contributed by atoms with van der Waals surface area (Å²) in [5.41, 5.74) is 0. The SMILES string of the molecule is CC(F)(F)CC(F)(F)C=O. The monoisotopic (exact) mass is 158 g/mol. The maximum atomic E-state index is 11.8. The second kappa shape index (κ2) is 2.56. The summed E-state index contributed by atoms with van der Waals surface area (Å²) in [6, 6.07) is 0. The number of rotatable bonds is 3. The third-order valence-electron chi connectivity index (χ3n) is 0.719. The number of alkyl halides is 4. The summed E-state index contributed by atoms with van der Waals surface area (Å²) in [6.07, 6.45) is -2.49. The van der Waals surface area contributed by atoms with E-state index in [2.05, 4.69) is 0 Å². The molecule has 60 valence electrons. The van der Waals surface area contributed by atoms with E-state index >= 15 is 0 Å². The van der Waals surface area contributed by atoms with Crippen LogP contribution in [0.3, 0.4) is 0 Å². The highest BCUT2D eigenvalue weighted by molar-refractivity contribution is 5.59. The highest BCUT2D eigenvalue weighted by Gasteiger charge is 2.39. The van der Waals surface area contributed by atoms with Gasteiger partial charge in [0.05, 0.1) is 6.42 Å². The van der Waals surface area contributed by atoms with Crippen LogP contribution in [0.1, 0.15) is 13.3 Å². The zero-order valence-corrected chi connectivity index (χ0v) is 5.20. The Kier molecular flexibility index (Phi) is 2.40. The molecule has 0 aliphatic heterocycles. The largest absolute Gasteiger partial charge is 0.308 e. The first-order valence-corrected chi connectivity index (χ1v) is 2.49. The molecule has 0 rings (SSSR count). The van der Waals surface area contributed by atoms with Crippen LogP contribution in [0.4, 0.5) is 17.6 Å². The van der Waals surface area contributed by atoms with Crippen LogP contribution in [-0.2, 0) is 4.79 Å². The minimum absolute atomic E-state index is 0.338. The van der Waals surface area contributed by atoms with Crippen molar-refractivity contribution in [3.05, 3.63) is 0 Å². The lowest BCUT2D eigenvalue weighted by molar-refractivity contribution is -0.142. The molecule has 0 aromatic rings. The van der Waals surface area contributed by atoms with E-state index in [4.69, 9.17) is 0 Å². The van der Waals surface area contributed by atoms with Gasteiger partial charge in [-0.1, -0.05) is 0 Å². The zero-order valence-electron chi connectivity index (χ0n) is 5.20. The Morgan fingerprint density at radius 3 is 1.80 bits per heavy atom. The van der Waals surface area contributed by atoms with Crippen LogP contribution in [-0.4, -0.2) is 18.1 Å². The molecule has 10 heavy (non-hydrogen) atoms. The van der Waals surface area contributed by atoms with Gasteiger partial charge in [0.2, 0.25) is 0 Å². The Morgan fingerprint density at radius 1 is 1.30 bits per heavy atom. The molecule has 0 aromatic heterocycles. The van der Waals surface area contributed by atoms with Crippen LogP contribution in [0.25, 0.3) is 0 Å². The van der Waals surface area contributed by atoms with E-state index in [0.29, 0.717) is 6.92 Å². The summed E-state index contributed by atoms with van der Waals surface area (Å²) < 4.78 is 47.1. The molecule has 5 heteroatoms. The van der Waals surface area contributed by atoms with E-state index in [-0.39, 0.29) is 0 Å². The Labute approximate surface area is 55.0 Å². The molecular formula is C5H6F4O. The molecule has 0 aromatic carbocycles. The molecular weight excluding hydrogens is 152 g/mol. The minimum atomic E-state index is -3.90. The summed E-state index contributed by atoms with van der Waals surface area (Å²) in [6.45, 7) is 0.338. The average molecular weight is 158 g/mol. The lowest BCUT2D eigenvalue weighted by Crippen LogP contribution is -2.27. The summed E-state index contributed by atoms with van der Waals surface area (Å²) in [5.74, 6) is -7.40. The molecule has 0 saturated carbocycles. The van der Waals surface area contributed by atoms with E-state index < -0.39 is 24.6 Å². The fourth-order valence-corrected chi connectivity index (χ4v) is 0.456. The van der Waals surface area contributed by atoms with Crippen molar-refractivity contribution in [2.24, 2.45) is 0 Å². The Balaban J connectivity index is 4.01. The van der Waals surface area contributed by atoms with Gasteiger partial charge in [0.15, 0.2) is 6.29 Å². The van der Waals surface area contributed by atoms with Crippen LogP contribution < -0.4 is 0 Å². The van der Waals surface area contributed by atoms with Crippen LogP contribution in [0, 0.1) is 0 Å². The van der Waals surface area contributed by atoms with Gasteiger partial charge in [-0.25, -0.2) is 8.78 Å². The quantitative estimate of drug-likeness (QED) is 0.452. The van der Waals surface area contributed by atoms with Gasteiger partial charge in [0.1, 0.15) is 0 Å². The lowest BCUT2D eigenvalue weighted by Gasteiger charge is -2.13. The molecule has 0 amide bonds. The van der Waals surface area contributed by atoms with Gasteiger partial charge in [0, 0.05) is 0 Å². The maximum Gasteiger partial charge on any atom is 0.308 e. The molecule has 0 fully saturated rings. The van der Waals surface area contributed by atoms with Crippen LogP contribution in [0.2, 0.25) is 0 Å². The smallest absolute Gasteiger partial charge is 0.297 e. The molecule has 0 aliphatic carbocycles. The van der Waals surface area contributed by atoms with Crippen LogP contribution in [0.5, 0.6) is 0 Å². The van der Waals surface area contributed by atoms with E-state index in [1.807, 2.05) is 0 Å². The number of hydrogen-bond donors (Lipinski definition) is 0. The van der Waals surface area contributed by atoms with Crippen LogP contribution in [0.15, 0.2) is 0 Å². The number of carbonyl (C=O) groups is 1. The molecule has 0 spiro atoms. The molecule has 0 unspecified atom stereocenters. The first kappa shape index (κ1) is 9.39. The van der Waals surface area contributed by atoms with Gasteiger partial charge in [-0.3, -0.25) is 4.79 Å². The first-order valence-electron chi connectivity index (χ1n) is 2.49. The molecule has 0 heterocycles. The number of halogens is 4. The van der Waals surface area contributed by atoms with E-state index in [0.717, 1.165) is 0 Å². The molecule has 0 bridgehead atoms. The van der Waals surface area contributed by atoms with Crippen molar-refractivity contribution in [3.8, 4) is 0 Å². The number of aldehydes is 1. The van der Waals surface area contributed by atoms with Gasteiger partial charge >= 0.3 is 5.92 Å². The molecule has 0 saturated heterocycles. The van der Waals surface area contributed by atoms with Gasteiger partial charge in [-0.05, 0) is 6.92 Å². The van der Waals surface area contributed by atoms with Crippen molar-refractivity contribution < 1.29 is 22.4 Å². The predicted octanol–water partition coefficient (Wildman–Crippen LogP) is 1.87. The van der Waals surface area contributed by atoms with Crippen molar-refractivity contribution in [2.75, 3.05) is 0 Å². The van der Waals surface area contributed by atoms with Crippen LogP contribution >= 0.6 is 0 Å². The van der Waals surface area contributed by atoms with Crippen molar-refractivity contribution >= 4 is 6.29 Å². The third-order valence-corrected chi connectivity index (χ3v) is 0.719. The summed E-state index contributed by atoms with van der Waals surface area (Å²) in [7, 11) is 0. The molecule has 0 atom stereocenters. The molecule has 0 N–H and O–H groups in total. The topological polar surface area (TPSA) is 17.1 Å².